The largest absolute Gasteiger partial charge is 0.462 e. The van der Waals surface area contributed by atoms with Crippen molar-refractivity contribution >= 4 is 34.2 Å². The van der Waals surface area contributed by atoms with E-state index in [0.717, 1.165) is 23.6 Å². The molecule has 1 aliphatic carbocycles. The molecule has 5 heteroatoms. The van der Waals surface area contributed by atoms with Gasteiger partial charge >= 0.3 is 5.97 Å². The maximum atomic E-state index is 13.2. The van der Waals surface area contributed by atoms with Gasteiger partial charge in [0, 0.05) is 16.5 Å². The smallest absolute Gasteiger partial charge is 0.338 e. The van der Waals surface area contributed by atoms with Gasteiger partial charge in [-0.05, 0) is 72.7 Å². The van der Waals surface area contributed by atoms with Crippen molar-refractivity contribution < 1.29 is 19.1 Å². The summed E-state index contributed by atoms with van der Waals surface area (Å²) in [5.74, 6) is -1.10. The van der Waals surface area contributed by atoms with E-state index < -0.39 is 5.97 Å². The number of carbonyl (C=O) groups is 3. The second-order valence-corrected chi connectivity index (χ2v) is 7.01. The van der Waals surface area contributed by atoms with E-state index in [1.165, 1.54) is 16.0 Å². The maximum absolute atomic E-state index is 13.2. The van der Waals surface area contributed by atoms with Gasteiger partial charge in [-0.1, -0.05) is 12.1 Å². The van der Waals surface area contributed by atoms with Crippen molar-refractivity contribution in [1.82, 2.24) is 0 Å². The second kappa shape index (κ2) is 6.02. The molecule has 0 unspecified atom stereocenters. The zero-order chi connectivity index (χ0) is 19.4. The van der Waals surface area contributed by atoms with E-state index in [0.29, 0.717) is 22.4 Å². The van der Waals surface area contributed by atoms with Crippen LogP contribution in [0, 0.1) is 0 Å². The molecule has 5 rings (SSSR count). The molecule has 3 aromatic carbocycles. The molecule has 1 heterocycles. The lowest BCUT2D eigenvalue weighted by Crippen LogP contribution is -2.40. The number of amides is 2. The lowest BCUT2D eigenvalue weighted by Gasteiger charge is -2.27. The van der Waals surface area contributed by atoms with Crippen LogP contribution in [0.5, 0.6) is 0 Å². The Labute approximate surface area is 161 Å². The fourth-order valence-electron chi connectivity index (χ4n) is 4.21. The molecule has 0 atom stereocenters. The number of anilines is 1. The van der Waals surface area contributed by atoms with Crippen LogP contribution < -0.4 is 4.90 Å². The second-order valence-electron chi connectivity index (χ2n) is 7.01. The number of carbonyl (C=O) groups excluding carboxylic acids is 3. The minimum Gasteiger partial charge on any atom is -0.462 e. The summed E-state index contributed by atoms with van der Waals surface area (Å²) in [7, 11) is 0. The highest BCUT2D eigenvalue weighted by molar-refractivity contribution is 6.36. The first kappa shape index (κ1) is 16.7. The summed E-state index contributed by atoms with van der Waals surface area (Å²) in [5.41, 5.74) is 4.31. The van der Waals surface area contributed by atoms with E-state index >= 15 is 0 Å². The Kier molecular flexibility index (Phi) is 3.59. The topological polar surface area (TPSA) is 63.7 Å². The molecule has 0 bridgehead atoms. The Morgan fingerprint density at radius 1 is 0.857 bits per heavy atom. The van der Waals surface area contributed by atoms with Crippen molar-refractivity contribution in [1.29, 1.82) is 0 Å². The van der Waals surface area contributed by atoms with Crippen LogP contribution in [0.1, 0.15) is 49.1 Å². The van der Waals surface area contributed by atoms with E-state index in [4.69, 9.17) is 4.74 Å². The van der Waals surface area contributed by atoms with Gasteiger partial charge in [0.2, 0.25) is 0 Å². The molecule has 28 heavy (non-hydrogen) atoms. The summed E-state index contributed by atoms with van der Waals surface area (Å²) in [6, 6.07) is 14.0. The number of aryl methyl sites for hydroxylation is 2. The molecule has 3 aromatic rings. The van der Waals surface area contributed by atoms with Gasteiger partial charge in [0.05, 0.1) is 17.9 Å². The van der Waals surface area contributed by atoms with Gasteiger partial charge in [-0.25, -0.2) is 9.69 Å². The number of hydrogen-bond acceptors (Lipinski definition) is 4. The summed E-state index contributed by atoms with van der Waals surface area (Å²) in [5, 5.41) is 1.84. The number of imide groups is 1. The quantitative estimate of drug-likeness (QED) is 0.517. The van der Waals surface area contributed by atoms with Crippen LogP contribution in [0.15, 0.2) is 48.5 Å². The van der Waals surface area contributed by atoms with Gasteiger partial charge < -0.3 is 4.74 Å². The summed E-state index contributed by atoms with van der Waals surface area (Å²) in [4.78, 5) is 39.4. The normalized spacial score (nSPS) is 14.7. The number of rotatable bonds is 3. The minimum atomic E-state index is -0.432. The van der Waals surface area contributed by atoms with Crippen LogP contribution in [-0.4, -0.2) is 24.4 Å². The Balaban J connectivity index is 1.61. The van der Waals surface area contributed by atoms with Gasteiger partial charge in [-0.15, -0.1) is 0 Å². The molecular weight excluding hydrogens is 354 g/mol. The molecule has 0 spiro atoms. The van der Waals surface area contributed by atoms with E-state index in [-0.39, 0.29) is 18.4 Å². The first-order chi connectivity index (χ1) is 13.6. The molecule has 138 valence electrons. The highest BCUT2D eigenvalue weighted by atomic mass is 16.5. The van der Waals surface area contributed by atoms with Crippen LogP contribution in [-0.2, 0) is 17.6 Å². The predicted molar refractivity (Wildman–Crippen MR) is 105 cm³/mol. The first-order valence-corrected chi connectivity index (χ1v) is 9.33. The summed E-state index contributed by atoms with van der Waals surface area (Å²) >= 11 is 0. The van der Waals surface area contributed by atoms with Crippen molar-refractivity contribution in [2.24, 2.45) is 0 Å². The molecule has 0 saturated carbocycles. The fourth-order valence-corrected chi connectivity index (χ4v) is 4.21. The highest BCUT2D eigenvalue weighted by Gasteiger charge is 2.35. The highest BCUT2D eigenvalue weighted by Crippen LogP contribution is 2.39. The Morgan fingerprint density at radius 3 is 1.96 bits per heavy atom. The Morgan fingerprint density at radius 2 is 1.43 bits per heavy atom. The molecule has 0 saturated heterocycles. The molecular formula is C23H17NO4. The van der Waals surface area contributed by atoms with Crippen LogP contribution in [0.2, 0.25) is 0 Å². The zero-order valence-corrected chi connectivity index (χ0v) is 15.3. The monoisotopic (exact) mass is 371 g/mol. The molecule has 1 aliphatic heterocycles. The number of ether oxygens (including phenoxy) is 1. The van der Waals surface area contributed by atoms with Gasteiger partial charge in [0.15, 0.2) is 0 Å². The van der Waals surface area contributed by atoms with Crippen LogP contribution in [0.3, 0.4) is 0 Å². The summed E-state index contributed by atoms with van der Waals surface area (Å²) in [6.45, 7) is 2.03. The average molecular weight is 371 g/mol. The lowest BCUT2D eigenvalue weighted by atomic mass is 9.91. The van der Waals surface area contributed by atoms with Crippen molar-refractivity contribution in [2.45, 2.75) is 19.8 Å². The molecule has 2 amide bonds. The third-order valence-electron chi connectivity index (χ3n) is 5.50. The number of nitrogens with zero attached hydrogens (tertiary/aromatic N) is 1. The zero-order valence-electron chi connectivity index (χ0n) is 15.3. The summed E-state index contributed by atoms with van der Waals surface area (Å²) < 4.78 is 4.98. The third kappa shape index (κ3) is 2.22. The minimum absolute atomic E-state index is 0.286. The average Bonchev–Trinajstić information content (AvgIpc) is 3.13. The maximum Gasteiger partial charge on any atom is 0.338 e. The molecule has 5 nitrogen and oxygen atoms in total. The van der Waals surface area contributed by atoms with E-state index in [9.17, 15) is 14.4 Å². The van der Waals surface area contributed by atoms with E-state index in [1.54, 1.807) is 31.2 Å². The molecule has 2 aliphatic rings. The number of hydrogen-bond donors (Lipinski definition) is 0. The van der Waals surface area contributed by atoms with Crippen LogP contribution in [0.4, 0.5) is 5.69 Å². The Bertz CT molecular complexity index is 1120. The van der Waals surface area contributed by atoms with Crippen molar-refractivity contribution in [3.8, 4) is 0 Å². The predicted octanol–water partition coefficient (Wildman–Crippen LogP) is 3.92. The lowest BCUT2D eigenvalue weighted by molar-refractivity contribution is 0.0526. The Hall–Kier alpha value is -3.47. The van der Waals surface area contributed by atoms with Crippen molar-refractivity contribution in [3.63, 3.8) is 0 Å². The van der Waals surface area contributed by atoms with E-state index in [2.05, 4.69) is 0 Å². The first-order valence-electron chi connectivity index (χ1n) is 9.33. The van der Waals surface area contributed by atoms with Crippen LogP contribution >= 0.6 is 0 Å². The van der Waals surface area contributed by atoms with E-state index in [1.807, 2.05) is 24.3 Å². The number of benzene rings is 3. The number of esters is 1. The van der Waals surface area contributed by atoms with Gasteiger partial charge in [0.25, 0.3) is 11.8 Å². The third-order valence-corrected chi connectivity index (χ3v) is 5.50. The van der Waals surface area contributed by atoms with Crippen LogP contribution in [0.25, 0.3) is 10.8 Å². The SMILES string of the molecule is CCOC(=O)c1ccc(N2C(=O)c3ccc4c5c(ccc(c35)C2=O)CC4)cc1. The molecule has 0 aromatic heterocycles. The van der Waals surface area contributed by atoms with Gasteiger partial charge in [-0.3, -0.25) is 9.59 Å². The van der Waals surface area contributed by atoms with Gasteiger partial charge in [0.1, 0.15) is 0 Å². The van der Waals surface area contributed by atoms with Crippen molar-refractivity contribution in [2.75, 3.05) is 11.5 Å². The van der Waals surface area contributed by atoms with Gasteiger partial charge in [-0.2, -0.15) is 0 Å². The fraction of sp³-hybridized carbons (Fsp3) is 0.174. The molecule has 0 fully saturated rings. The standard InChI is InChI=1S/C23H17NO4/c1-2-28-23(27)15-5-9-16(10-6-15)24-21(25)17-11-7-13-3-4-14-8-12-18(22(24)26)20(17)19(13)14/h5-12H,2-4H2,1H3. The molecule has 0 radical (unpaired) electrons. The summed E-state index contributed by atoms with van der Waals surface area (Å²) in [6.07, 6.45) is 1.88. The van der Waals surface area contributed by atoms with Crippen molar-refractivity contribution in [3.05, 3.63) is 76.3 Å². The molecule has 0 N–H and O–H groups in total.